The number of carbonyl (C=O) groups excluding carboxylic acids is 2. The third kappa shape index (κ3) is 5.37. The Morgan fingerprint density at radius 2 is 1.75 bits per heavy atom. The van der Waals surface area contributed by atoms with E-state index in [1.54, 1.807) is 25.5 Å². The minimum absolute atomic E-state index is 0.206. The Kier molecular flexibility index (Phi) is 7.36. The predicted octanol–water partition coefficient (Wildman–Crippen LogP) is 0.977. The minimum Gasteiger partial charge on any atom is -0.328 e. The van der Waals surface area contributed by atoms with Gasteiger partial charge in [0.2, 0.25) is 17.8 Å². The van der Waals surface area contributed by atoms with Crippen LogP contribution < -0.4 is 21.2 Å². The second kappa shape index (κ2) is 11.2. The first-order valence-electron chi connectivity index (χ1n) is 14.0. The highest BCUT2D eigenvalue weighted by Crippen LogP contribution is 2.24. The summed E-state index contributed by atoms with van der Waals surface area (Å²) in [5, 5.41) is 5.78. The van der Waals surface area contributed by atoms with Gasteiger partial charge < -0.3 is 10.2 Å². The van der Waals surface area contributed by atoms with Gasteiger partial charge in [0.25, 0.3) is 0 Å². The summed E-state index contributed by atoms with van der Waals surface area (Å²) in [5.41, 5.74) is 2.45. The van der Waals surface area contributed by atoms with Crippen molar-refractivity contribution in [1.29, 1.82) is 0 Å². The topological polar surface area (TPSA) is 117 Å². The van der Waals surface area contributed by atoms with Crippen LogP contribution in [0.2, 0.25) is 0 Å². The number of nitrogens with one attached hydrogen (secondary N) is 2. The Hall–Kier alpha value is -4.01. The molecule has 0 aliphatic carbocycles. The van der Waals surface area contributed by atoms with Gasteiger partial charge in [-0.2, -0.15) is 0 Å². The van der Waals surface area contributed by atoms with Crippen LogP contribution in [0.15, 0.2) is 35.4 Å². The molecular weight excluding hydrogens is 508 g/mol. The zero-order valence-corrected chi connectivity index (χ0v) is 22.7. The summed E-state index contributed by atoms with van der Waals surface area (Å²) in [6.07, 6.45) is 7.62. The molecule has 0 saturated carbocycles. The molecule has 3 aliphatic rings. The molecule has 3 aliphatic heterocycles. The smallest absolute Gasteiger partial charge is 0.328 e. The number of fused-ring (bicyclic) bond motifs is 1. The van der Waals surface area contributed by atoms with Gasteiger partial charge in [0, 0.05) is 51.1 Å². The fraction of sp³-hybridized carbons (Fsp3) is 0.483. The van der Waals surface area contributed by atoms with Crippen LogP contribution in [0, 0.1) is 17.8 Å². The molecule has 1 aromatic carbocycles. The van der Waals surface area contributed by atoms with E-state index in [1.807, 2.05) is 12.1 Å². The van der Waals surface area contributed by atoms with Gasteiger partial charge in [-0.15, -0.1) is 0 Å². The van der Waals surface area contributed by atoms with Crippen molar-refractivity contribution >= 4 is 28.8 Å². The van der Waals surface area contributed by atoms with E-state index in [-0.39, 0.29) is 18.0 Å². The summed E-state index contributed by atoms with van der Waals surface area (Å²) >= 11 is 0. The van der Waals surface area contributed by atoms with Crippen molar-refractivity contribution in [3.05, 3.63) is 52.2 Å². The molecule has 3 saturated heterocycles. The zero-order valence-electron chi connectivity index (χ0n) is 22.7. The van der Waals surface area contributed by atoms with Crippen LogP contribution in [-0.4, -0.2) is 75.2 Å². The highest BCUT2D eigenvalue weighted by atomic mass is 16.2. The van der Waals surface area contributed by atoms with E-state index in [0.29, 0.717) is 23.0 Å². The van der Waals surface area contributed by atoms with Gasteiger partial charge in [-0.3, -0.25) is 28.9 Å². The highest BCUT2D eigenvalue weighted by molar-refractivity contribution is 6.00. The number of hydrogen-bond acceptors (Lipinski definition) is 8. The number of aryl methyl sites for hydroxylation is 1. The number of rotatable bonds is 4. The van der Waals surface area contributed by atoms with Gasteiger partial charge in [0.05, 0.1) is 23.3 Å². The number of imidazole rings is 1. The molecule has 208 valence electrons. The predicted molar refractivity (Wildman–Crippen MR) is 151 cm³/mol. The lowest BCUT2D eigenvalue weighted by molar-refractivity contribution is -0.135. The number of benzene rings is 1. The van der Waals surface area contributed by atoms with E-state index in [0.717, 1.165) is 63.2 Å². The summed E-state index contributed by atoms with van der Waals surface area (Å²) < 4.78 is 2.98. The molecule has 1 atom stereocenters. The maximum absolute atomic E-state index is 13.0. The Bertz CT molecular complexity index is 1540. The average molecular weight is 543 g/mol. The Morgan fingerprint density at radius 1 is 0.975 bits per heavy atom. The van der Waals surface area contributed by atoms with Crippen LogP contribution in [0.4, 0.5) is 5.95 Å². The van der Waals surface area contributed by atoms with Crippen LogP contribution in [0.3, 0.4) is 0 Å². The van der Waals surface area contributed by atoms with Crippen molar-refractivity contribution in [2.75, 3.05) is 44.3 Å². The quantitative estimate of drug-likeness (QED) is 0.370. The maximum Gasteiger partial charge on any atom is 0.329 e. The van der Waals surface area contributed by atoms with Crippen LogP contribution in [0.25, 0.3) is 11.0 Å². The molecule has 2 N–H and O–H groups in total. The molecule has 0 spiro atoms. The summed E-state index contributed by atoms with van der Waals surface area (Å²) in [6.45, 7) is 6.30. The van der Waals surface area contributed by atoms with E-state index in [9.17, 15) is 14.4 Å². The molecule has 5 heterocycles. The van der Waals surface area contributed by atoms with Gasteiger partial charge in [0.15, 0.2) is 0 Å². The van der Waals surface area contributed by atoms with E-state index in [4.69, 9.17) is 0 Å². The number of nitrogens with zero attached hydrogens (tertiary/aromatic N) is 6. The van der Waals surface area contributed by atoms with Crippen molar-refractivity contribution in [3.63, 3.8) is 0 Å². The minimum atomic E-state index is -0.710. The number of amides is 2. The zero-order chi connectivity index (χ0) is 27.6. The molecule has 0 bridgehead atoms. The lowest BCUT2D eigenvalue weighted by Gasteiger charge is -2.38. The van der Waals surface area contributed by atoms with Gasteiger partial charge in [-0.1, -0.05) is 11.8 Å². The normalized spacial score (nSPS) is 20.8. The van der Waals surface area contributed by atoms with Crippen molar-refractivity contribution in [2.45, 2.75) is 38.1 Å². The Balaban J connectivity index is 1.15. The first-order chi connectivity index (χ1) is 19.5. The van der Waals surface area contributed by atoms with Crippen molar-refractivity contribution in [3.8, 4) is 11.8 Å². The first-order valence-corrected chi connectivity index (χ1v) is 14.0. The lowest BCUT2D eigenvalue weighted by Crippen LogP contribution is -2.48. The number of imide groups is 1. The summed E-state index contributed by atoms with van der Waals surface area (Å²) in [7, 11) is 1.67. The summed E-state index contributed by atoms with van der Waals surface area (Å²) in [4.78, 5) is 50.9. The number of piperidine rings is 2. The van der Waals surface area contributed by atoms with Crippen LogP contribution in [0.5, 0.6) is 0 Å². The molecule has 2 aromatic heterocycles. The summed E-state index contributed by atoms with van der Waals surface area (Å²) in [6, 6.07) is 4.76. The fourth-order valence-electron chi connectivity index (χ4n) is 5.97. The Labute approximate surface area is 232 Å². The fourth-order valence-corrected chi connectivity index (χ4v) is 5.97. The van der Waals surface area contributed by atoms with Gasteiger partial charge in [-0.05, 0) is 62.9 Å². The third-order valence-corrected chi connectivity index (χ3v) is 8.13. The molecule has 6 rings (SSSR count). The molecule has 2 amide bonds. The molecule has 1 unspecified atom stereocenters. The molecule has 40 heavy (non-hydrogen) atoms. The van der Waals surface area contributed by atoms with Crippen molar-refractivity contribution in [1.82, 2.24) is 34.6 Å². The molecule has 0 radical (unpaired) electrons. The van der Waals surface area contributed by atoms with E-state index in [1.165, 1.54) is 22.0 Å². The second-order valence-electron chi connectivity index (χ2n) is 10.9. The SMILES string of the molecule is Cn1c(=O)n(C2CCC(=O)NC2=O)c2ccc(C#Cc3cnc(N4CCCN(CC5CCNCC5)C4)nc3)cc21. The average Bonchev–Trinajstić information content (AvgIpc) is 3.22. The van der Waals surface area contributed by atoms with Gasteiger partial charge in [0.1, 0.15) is 6.04 Å². The van der Waals surface area contributed by atoms with E-state index in [2.05, 4.69) is 42.2 Å². The highest BCUT2D eigenvalue weighted by Gasteiger charge is 2.31. The first kappa shape index (κ1) is 26.2. The van der Waals surface area contributed by atoms with Gasteiger partial charge in [-0.25, -0.2) is 14.8 Å². The number of aromatic nitrogens is 4. The molecular formula is C29H34N8O3. The molecule has 3 aromatic rings. The third-order valence-electron chi connectivity index (χ3n) is 8.13. The van der Waals surface area contributed by atoms with Crippen LogP contribution in [-0.2, 0) is 16.6 Å². The van der Waals surface area contributed by atoms with Crippen molar-refractivity contribution < 1.29 is 9.59 Å². The summed E-state index contributed by atoms with van der Waals surface area (Å²) in [5.74, 6) is 7.01. The molecule has 11 heteroatoms. The van der Waals surface area contributed by atoms with E-state index >= 15 is 0 Å². The number of anilines is 1. The van der Waals surface area contributed by atoms with Gasteiger partial charge >= 0.3 is 5.69 Å². The molecule has 11 nitrogen and oxygen atoms in total. The maximum atomic E-state index is 13.0. The Morgan fingerprint density at radius 3 is 2.52 bits per heavy atom. The van der Waals surface area contributed by atoms with Crippen LogP contribution >= 0.6 is 0 Å². The number of hydrogen-bond donors (Lipinski definition) is 2. The molecule has 3 fully saturated rings. The van der Waals surface area contributed by atoms with Crippen LogP contribution in [0.1, 0.15) is 49.3 Å². The van der Waals surface area contributed by atoms with Crippen molar-refractivity contribution in [2.24, 2.45) is 13.0 Å². The second-order valence-corrected chi connectivity index (χ2v) is 10.9. The lowest BCUT2D eigenvalue weighted by atomic mass is 9.97. The largest absolute Gasteiger partial charge is 0.329 e. The standard InChI is InChI=1S/C29H34N8O3/c1-34-25-15-20(5-6-23(25)37(29(34)40)24-7-8-26(38)33-27(24)39)3-4-22-16-31-28(32-17-22)36-14-2-13-35(19-36)18-21-9-11-30-12-10-21/h5-6,15-17,21,24,30H,2,7-14,18-19H2,1H3,(H,33,38,39). The monoisotopic (exact) mass is 542 g/mol. The van der Waals surface area contributed by atoms with E-state index < -0.39 is 11.9 Å². The number of carbonyl (C=O) groups is 2.